The summed E-state index contributed by atoms with van der Waals surface area (Å²) in [5, 5.41) is 1.75. The first kappa shape index (κ1) is 13.5. The van der Waals surface area contributed by atoms with Gasteiger partial charge in [0.05, 0.1) is 9.77 Å². The Morgan fingerprint density at radius 2 is 2.00 bits per heavy atom. The highest BCUT2D eigenvalue weighted by molar-refractivity contribution is 9.10. The summed E-state index contributed by atoms with van der Waals surface area (Å²) in [5.74, 6) is -0.866. The highest BCUT2D eigenvalue weighted by Gasteiger charge is 2.21. The van der Waals surface area contributed by atoms with Gasteiger partial charge in [0.25, 0.3) is 0 Å². The number of thiophene rings is 1. The van der Waals surface area contributed by atoms with Crippen molar-refractivity contribution in [2.24, 2.45) is 0 Å². The van der Waals surface area contributed by atoms with Crippen LogP contribution in [0, 0.1) is 0 Å². The van der Waals surface area contributed by atoms with Gasteiger partial charge < -0.3 is 0 Å². The van der Waals surface area contributed by atoms with E-state index in [0.29, 0.717) is 9.35 Å². The van der Waals surface area contributed by atoms with Crippen molar-refractivity contribution in [3.8, 4) is 0 Å². The summed E-state index contributed by atoms with van der Waals surface area (Å²) in [5.41, 5.74) is 0. The molecule has 1 aromatic carbocycles. The normalized spacial score (nSPS) is 11.4. The topological polar surface area (TPSA) is 51.2 Å². The third-order valence-electron chi connectivity index (χ3n) is 2.27. The predicted octanol–water partition coefficient (Wildman–Crippen LogP) is 3.17. The lowest BCUT2D eigenvalue weighted by molar-refractivity contribution is 0.102. The molecule has 0 aliphatic carbocycles. The number of hydrogen-bond acceptors (Lipinski definition) is 4. The smallest absolute Gasteiger partial charge is 0.188 e. The monoisotopic (exact) mass is 344 g/mol. The molecule has 0 atom stereocenters. The van der Waals surface area contributed by atoms with Crippen LogP contribution in [0.5, 0.6) is 0 Å². The van der Waals surface area contributed by atoms with E-state index in [4.69, 9.17) is 0 Å². The Hall–Kier alpha value is -0.980. The fraction of sp³-hybridized carbons (Fsp3) is 0.0833. The molecule has 0 aliphatic heterocycles. The summed E-state index contributed by atoms with van der Waals surface area (Å²) in [4.78, 5) is 12.4. The third-order valence-corrected chi connectivity index (χ3v) is 5.29. The van der Waals surface area contributed by atoms with Crippen LogP contribution in [-0.4, -0.2) is 20.0 Å². The predicted molar refractivity (Wildman–Crippen MR) is 74.8 cm³/mol. The Bertz CT molecular complexity index is 660. The number of sulfone groups is 1. The van der Waals surface area contributed by atoms with Gasteiger partial charge in [-0.15, -0.1) is 11.3 Å². The van der Waals surface area contributed by atoms with Crippen molar-refractivity contribution in [2.75, 3.05) is 5.75 Å². The van der Waals surface area contributed by atoms with Gasteiger partial charge in [0.1, 0.15) is 5.75 Å². The summed E-state index contributed by atoms with van der Waals surface area (Å²) >= 11 is 4.46. The van der Waals surface area contributed by atoms with Crippen molar-refractivity contribution in [3.63, 3.8) is 0 Å². The molecule has 0 spiro atoms. The Morgan fingerprint density at radius 3 is 2.61 bits per heavy atom. The van der Waals surface area contributed by atoms with E-state index in [1.54, 1.807) is 29.6 Å². The molecule has 0 N–H and O–H groups in total. The van der Waals surface area contributed by atoms with Crippen LogP contribution >= 0.6 is 27.3 Å². The van der Waals surface area contributed by atoms with E-state index in [1.807, 2.05) is 0 Å². The first-order valence-electron chi connectivity index (χ1n) is 5.04. The van der Waals surface area contributed by atoms with Crippen LogP contribution in [-0.2, 0) is 9.84 Å². The fourth-order valence-electron chi connectivity index (χ4n) is 1.42. The van der Waals surface area contributed by atoms with Crippen molar-refractivity contribution in [3.05, 3.63) is 51.1 Å². The van der Waals surface area contributed by atoms with E-state index in [1.165, 1.54) is 23.5 Å². The lowest BCUT2D eigenvalue weighted by Crippen LogP contribution is -2.15. The number of ketones is 1. The second-order valence-corrected chi connectivity index (χ2v) is 7.47. The second-order valence-electron chi connectivity index (χ2n) is 3.62. The van der Waals surface area contributed by atoms with Crippen molar-refractivity contribution < 1.29 is 13.2 Å². The van der Waals surface area contributed by atoms with Crippen LogP contribution in [0.2, 0.25) is 0 Å². The Morgan fingerprint density at radius 1 is 1.22 bits per heavy atom. The van der Waals surface area contributed by atoms with Gasteiger partial charge in [0.2, 0.25) is 0 Å². The van der Waals surface area contributed by atoms with Crippen molar-refractivity contribution >= 4 is 42.9 Å². The minimum atomic E-state index is -3.58. The van der Waals surface area contributed by atoms with Crippen molar-refractivity contribution in [1.29, 1.82) is 0 Å². The van der Waals surface area contributed by atoms with Crippen LogP contribution in [0.15, 0.2) is 51.1 Å². The molecule has 2 aromatic rings. The van der Waals surface area contributed by atoms with E-state index >= 15 is 0 Å². The van der Waals surface area contributed by atoms with Gasteiger partial charge in [0, 0.05) is 4.47 Å². The highest BCUT2D eigenvalue weighted by atomic mass is 79.9. The average Bonchev–Trinajstić information content (AvgIpc) is 2.82. The van der Waals surface area contributed by atoms with Gasteiger partial charge >= 0.3 is 0 Å². The van der Waals surface area contributed by atoms with Gasteiger partial charge in [-0.05, 0) is 29.6 Å². The second kappa shape index (κ2) is 5.34. The van der Waals surface area contributed by atoms with Crippen LogP contribution < -0.4 is 0 Å². The maximum Gasteiger partial charge on any atom is 0.188 e. The molecule has 0 bridgehead atoms. The molecule has 0 radical (unpaired) electrons. The number of carbonyl (C=O) groups is 1. The Balaban J connectivity index is 2.25. The van der Waals surface area contributed by atoms with Gasteiger partial charge in [-0.25, -0.2) is 8.42 Å². The first-order valence-corrected chi connectivity index (χ1v) is 8.36. The molecule has 0 saturated heterocycles. The third kappa shape index (κ3) is 3.07. The number of rotatable bonds is 4. The summed E-state index contributed by atoms with van der Waals surface area (Å²) in [6.07, 6.45) is 0. The minimum absolute atomic E-state index is 0.154. The Labute approximate surface area is 118 Å². The summed E-state index contributed by atoms with van der Waals surface area (Å²) < 4.78 is 24.8. The molecular weight excluding hydrogens is 336 g/mol. The molecule has 0 aliphatic rings. The standard InChI is InChI=1S/C12H9BrO3S2/c13-9-3-1-4-10(7-9)18(15,16)8-11(14)12-5-2-6-17-12/h1-7H,8H2. The SMILES string of the molecule is O=C(CS(=O)(=O)c1cccc(Br)c1)c1cccs1. The largest absolute Gasteiger partial charge is 0.292 e. The maximum absolute atomic E-state index is 12.1. The number of carbonyl (C=O) groups excluding carboxylic acids is 1. The summed E-state index contributed by atoms with van der Waals surface area (Å²) in [6.45, 7) is 0. The molecule has 6 heteroatoms. The molecule has 94 valence electrons. The molecule has 0 fully saturated rings. The van der Waals surface area contributed by atoms with Gasteiger partial charge in [-0.2, -0.15) is 0 Å². The number of halogens is 1. The lowest BCUT2D eigenvalue weighted by atomic mass is 10.3. The molecule has 0 unspecified atom stereocenters. The van der Waals surface area contributed by atoms with Crippen LogP contribution in [0.1, 0.15) is 9.67 Å². The van der Waals surface area contributed by atoms with Crippen molar-refractivity contribution in [2.45, 2.75) is 4.90 Å². The number of benzene rings is 1. The molecule has 0 saturated carbocycles. The zero-order valence-corrected chi connectivity index (χ0v) is 12.4. The van der Waals surface area contributed by atoms with E-state index in [0.717, 1.165) is 0 Å². The average molecular weight is 345 g/mol. The van der Waals surface area contributed by atoms with E-state index in [9.17, 15) is 13.2 Å². The fourth-order valence-corrected chi connectivity index (χ4v) is 3.99. The van der Waals surface area contributed by atoms with Crippen LogP contribution in [0.25, 0.3) is 0 Å². The molecule has 1 heterocycles. The van der Waals surface area contributed by atoms with E-state index in [-0.39, 0.29) is 10.7 Å². The quantitative estimate of drug-likeness (QED) is 0.800. The van der Waals surface area contributed by atoms with E-state index < -0.39 is 15.6 Å². The number of Topliss-reactive ketones (excluding diaryl/α,β-unsaturated/α-hetero) is 1. The van der Waals surface area contributed by atoms with Gasteiger partial charge in [-0.3, -0.25) is 4.79 Å². The van der Waals surface area contributed by atoms with Crippen LogP contribution in [0.4, 0.5) is 0 Å². The highest BCUT2D eigenvalue weighted by Crippen LogP contribution is 2.19. The zero-order chi connectivity index (χ0) is 13.2. The number of hydrogen-bond donors (Lipinski definition) is 0. The molecule has 18 heavy (non-hydrogen) atoms. The van der Waals surface area contributed by atoms with Gasteiger partial charge in [0.15, 0.2) is 15.6 Å². The Kier molecular flexibility index (Phi) is 3.99. The van der Waals surface area contributed by atoms with E-state index in [2.05, 4.69) is 15.9 Å². The van der Waals surface area contributed by atoms with Crippen LogP contribution in [0.3, 0.4) is 0 Å². The maximum atomic E-state index is 12.1. The zero-order valence-electron chi connectivity index (χ0n) is 9.17. The van der Waals surface area contributed by atoms with Crippen molar-refractivity contribution in [1.82, 2.24) is 0 Å². The summed E-state index contributed by atoms with van der Waals surface area (Å²) in [7, 11) is -3.58. The lowest BCUT2D eigenvalue weighted by Gasteiger charge is -2.03. The molecular formula is C12H9BrO3S2. The minimum Gasteiger partial charge on any atom is -0.292 e. The first-order chi connectivity index (χ1) is 8.49. The molecule has 1 aromatic heterocycles. The summed E-state index contributed by atoms with van der Waals surface area (Å²) in [6, 6.07) is 9.71. The molecule has 3 nitrogen and oxygen atoms in total. The van der Waals surface area contributed by atoms with Gasteiger partial charge in [-0.1, -0.05) is 28.1 Å². The molecule has 0 amide bonds. The molecule has 2 rings (SSSR count).